The Morgan fingerprint density at radius 3 is 2.76 bits per heavy atom. The van der Waals surface area contributed by atoms with Crippen LogP contribution in [0.15, 0.2) is 35.7 Å². The third kappa shape index (κ3) is 3.87. The van der Waals surface area contributed by atoms with Crippen molar-refractivity contribution in [3.8, 4) is 0 Å². The van der Waals surface area contributed by atoms with Gasteiger partial charge in [-0.15, -0.1) is 18.3 Å². The molecule has 2 aliphatic heterocycles. The quantitative estimate of drug-likeness (QED) is 0.812. The lowest BCUT2D eigenvalue weighted by Gasteiger charge is -2.29. The van der Waals surface area contributed by atoms with E-state index in [1.807, 2.05) is 11.0 Å². The Bertz CT molecular complexity index is 714. The highest BCUT2D eigenvalue weighted by Gasteiger charge is 2.28. The van der Waals surface area contributed by atoms with Crippen LogP contribution < -0.4 is 10.2 Å². The number of carbonyl (C=O) groups excluding carboxylic acids is 3. The number of benzene rings is 1. The molecule has 25 heavy (non-hydrogen) atoms. The zero-order valence-electron chi connectivity index (χ0n) is 14.0. The summed E-state index contributed by atoms with van der Waals surface area (Å²) in [6, 6.07) is 5.41. The average molecular weight is 359 g/mol. The van der Waals surface area contributed by atoms with Crippen LogP contribution in [0.2, 0.25) is 0 Å². The molecule has 0 saturated carbocycles. The number of rotatable bonds is 5. The van der Waals surface area contributed by atoms with Crippen molar-refractivity contribution in [3.05, 3.63) is 36.4 Å². The van der Waals surface area contributed by atoms with Gasteiger partial charge in [-0.2, -0.15) is 0 Å². The number of thioether (sulfide) groups is 1. The van der Waals surface area contributed by atoms with Crippen LogP contribution in [0.3, 0.4) is 0 Å². The van der Waals surface area contributed by atoms with Crippen LogP contribution in [0.5, 0.6) is 0 Å². The summed E-state index contributed by atoms with van der Waals surface area (Å²) < 4.78 is 0. The monoisotopic (exact) mass is 359 g/mol. The third-order valence-electron chi connectivity index (χ3n) is 4.29. The Labute approximate surface area is 151 Å². The first-order valence-electron chi connectivity index (χ1n) is 8.34. The number of carbonyl (C=O) groups is 3. The number of hydrogen-bond acceptors (Lipinski definition) is 4. The van der Waals surface area contributed by atoms with Crippen LogP contribution in [0.25, 0.3) is 0 Å². The van der Waals surface area contributed by atoms with Crippen molar-refractivity contribution in [2.75, 3.05) is 36.8 Å². The van der Waals surface area contributed by atoms with Crippen LogP contribution in [-0.2, 0) is 9.59 Å². The molecule has 0 radical (unpaired) electrons. The van der Waals surface area contributed by atoms with Crippen molar-refractivity contribution in [2.24, 2.45) is 0 Å². The summed E-state index contributed by atoms with van der Waals surface area (Å²) in [7, 11) is 0. The van der Waals surface area contributed by atoms with Crippen molar-refractivity contribution in [3.63, 3.8) is 0 Å². The SMILES string of the molecule is C=CCNC(=O)CN1C(=O)CSc2ccc(C(=O)N3CCCC3)cc21. The lowest BCUT2D eigenvalue weighted by molar-refractivity contribution is -0.122. The Hall–Kier alpha value is -2.28. The fourth-order valence-electron chi connectivity index (χ4n) is 3.00. The third-order valence-corrected chi connectivity index (χ3v) is 5.33. The van der Waals surface area contributed by atoms with Crippen LogP contribution in [0, 0.1) is 0 Å². The lowest BCUT2D eigenvalue weighted by Crippen LogP contribution is -2.43. The molecule has 0 aromatic heterocycles. The Morgan fingerprint density at radius 1 is 1.28 bits per heavy atom. The van der Waals surface area contributed by atoms with E-state index >= 15 is 0 Å². The maximum Gasteiger partial charge on any atom is 0.253 e. The van der Waals surface area contributed by atoms with Gasteiger partial charge in [-0.3, -0.25) is 14.4 Å². The van der Waals surface area contributed by atoms with Crippen LogP contribution >= 0.6 is 11.8 Å². The number of anilines is 1. The predicted octanol–water partition coefficient (Wildman–Crippen LogP) is 1.66. The van der Waals surface area contributed by atoms with Gasteiger partial charge >= 0.3 is 0 Å². The maximum absolute atomic E-state index is 12.6. The topological polar surface area (TPSA) is 69.7 Å². The zero-order valence-corrected chi connectivity index (χ0v) is 14.8. The standard InChI is InChI=1S/C18H21N3O3S/c1-2-7-19-16(22)11-21-14-10-13(18(24)20-8-3-4-9-20)5-6-15(14)25-12-17(21)23/h2,5-6,10H,1,3-4,7-9,11-12H2,(H,19,22). The maximum atomic E-state index is 12.6. The number of nitrogens with one attached hydrogen (secondary N) is 1. The summed E-state index contributed by atoms with van der Waals surface area (Å²) in [5.41, 5.74) is 1.20. The van der Waals surface area contributed by atoms with E-state index in [1.165, 1.54) is 16.7 Å². The fraction of sp³-hybridized carbons (Fsp3) is 0.389. The normalized spacial score (nSPS) is 16.6. The highest BCUT2D eigenvalue weighted by molar-refractivity contribution is 8.00. The second-order valence-electron chi connectivity index (χ2n) is 6.04. The molecule has 1 fully saturated rings. The molecule has 2 aliphatic rings. The van der Waals surface area contributed by atoms with E-state index in [2.05, 4.69) is 11.9 Å². The van der Waals surface area contributed by atoms with Gasteiger partial charge < -0.3 is 15.1 Å². The van der Waals surface area contributed by atoms with E-state index in [9.17, 15) is 14.4 Å². The highest BCUT2D eigenvalue weighted by Crippen LogP contribution is 2.36. The summed E-state index contributed by atoms with van der Waals surface area (Å²) in [5, 5.41) is 2.68. The van der Waals surface area contributed by atoms with Crippen molar-refractivity contribution >= 4 is 35.2 Å². The molecule has 7 heteroatoms. The van der Waals surface area contributed by atoms with Crippen LogP contribution in [0.1, 0.15) is 23.2 Å². The summed E-state index contributed by atoms with van der Waals surface area (Å²) in [6.45, 7) is 5.41. The molecule has 0 unspecified atom stereocenters. The average Bonchev–Trinajstić information content (AvgIpc) is 3.16. The Kier molecular flexibility index (Phi) is 5.43. The van der Waals surface area contributed by atoms with Crippen molar-refractivity contribution < 1.29 is 14.4 Å². The smallest absolute Gasteiger partial charge is 0.253 e. The van der Waals surface area contributed by atoms with Crippen molar-refractivity contribution in [2.45, 2.75) is 17.7 Å². The molecule has 1 N–H and O–H groups in total. The zero-order chi connectivity index (χ0) is 17.8. The summed E-state index contributed by atoms with van der Waals surface area (Å²) in [5.74, 6) is -0.0972. The number of likely N-dealkylation sites (tertiary alicyclic amines) is 1. The van der Waals surface area contributed by atoms with Gasteiger partial charge in [0.25, 0.3) is 5.91 Å². The van der Waals surface area contributed by atoms with Crippen molar-refractivity contribution in [1.29, 1.82) is 0 Å². The Morgan fingerprint density at radius 2 is 2.04 bits per heavy atom. The predicted molar refractivity (Wildman–Crippen MR) is 97.9 cm³/mol. The van der Waals surface area contributed by atoms with E-state index in [-0.39, 0.29) is 24.3 Å². The fourth-order valence-corrected chi connectivity index (χ4v) is 3.91. The molecule has 0 spiro atoms. The van der Waals surface area contributed by atoms with Gasteiger partial charge in [-0.25, -0.2) is 0 Å². The first-order chi connectivity index (χ1) is 12.1. The molecule has 0 aliphatic carbocycles. The molecule has 1 saturated heterocycles. The largest absolute Gasteiger partial charge is 0.351 e. The summed E-state index contributed by atoms with van der Waals surface area (Å²) in [6.07, 6.45) is 3.65. The summed E-state index contributed by atoms with van der Waals surface area (Å²) >= 11 is 1.43. The van der Waals surface area contributed by atoms with Crippen LogP contribution in [0.4, 0.5) is 5.69 Å². The van der Waals surface area contributed by atoms with Crippen molar-refractivity contribution in [1.82, 2.24) is 10.2 Å². The second-order valence-corrected chi connectivity index (χ2v) is 7.06. The molecule has 2 heterocycles. The van der Waals surface area contributed by atoms with E-state index in [1.54, 1.807) is 18.2 Å². The van der Waals surface area contributed by atoms with Crippen LogP contribution in [-0.4, -0.2) is 54.6 Å². The summed E-state index contributed by atoms with van der Waals surface area (Å²) in [4.78, 5) is 41.2. The molecule has 0 bridgehead atoms. The lowest BCUT2D eigenvalue weighted by atomic mass is 10.1. The molecule has 6 nitrogen and oxygen atoms in total. The van der Waals surface area contributed by atoms with E-state index in [0.717, 1.165) is 30.8 Å². The van der Waals surface area contributed by atoms with Gasteiger partial charge in [0.1, 0.15) is 6.54 Å². The van der Waals surface area contributed by atoms with E-state index in [4.69, 9.17) is 0 Å². The molecule has 3 rings (SSSR count). The molecule has 1 aromatic carbocycles. The molecular weight excluding hydrogens is 338 g/mol. The second kappa shape index (κ2) is 7.74. The molecule has 3 amide bonds. The Balaban J connectivity index is 1.84. The van der Waals surface area contributed by atoms with Gasteiger partial charge in [0.15, 0.2) is 0 Å². The minimum absolute atomic E-state index is 0.0145. The van der Waals surface area contributed by atoms with E-state index < -0.39 is 0 Å². The van der Waals surface area contributed by atoms with Gasteiger partial charge in [-0.1, -0.05) is 6.08 Å². The minimum atomic E-state index is -0.248. The number of nitrogens with zero attached hydrogens (tertiary/aromatic N) is 2. The van der Waals surface area contributed by atoms with Gasteiger partial charge in [0.05, 0.1) is 11.4 Å². The highest BCUT2D eigenvalue weighted by atomic mass is 32.2. The van der Waals surface area contributed by atoms with Gasteiger partial charge in [-0.05, 0) is 31.0 Å². The van der Waals surface area contributed by atoms with E-state index in [0.29, 0.717) is 23.5 Å². The minimum Gasteiger partial charge on any atom is -0.351 e. The first-order valence-corrected chi connectivity index (χ1v) is 9.33. The first kappa shape index (κ1) is 17.5. The molecule has 0 atom stereocenters. The molecule has 1 aromatic rings. The molecular formula is C18H21N3O3S. The van der Waals surface area contributed by atoms with Gasteiger partial charge in [0.2, 0.25) is 11.8 Å². The molecule has 132 valence electrons. The number of hydrogen-bond donors (Lipinski definition) is 1. The number of fused-ring (bicyclic) bond motifs is 1. The van der Waals surface area contributed by atoms with Gasteiger partial charge in [0, 0.05) is 30.1 Å². The number of amides is 3.